The predicted molar refractivity (Wildman–Crippen MR) is 75.7 cm³/mol. The van der Waals surface area contributed by atoms with E-state index >= 15 is 0 Å². The molecular weight excluding hydrogens is 256 g/mol. The summed E-state index contributed by atoms with van der Waals surface area (Å²) < 4.78 is 6.33. The van der Waals surface area contributed by atoms with Crippen molar-refractivity contribution in [2.75, 3.05) is 12.4 Å². The summed E-state index contributed by atoms with van der Waals surface area (Å²) in [6, 6.07) is 7.59. The Morgan fingerprint density at radius 3 is 2.70 bits per heavy atom. The number of nitrogens with two attached hydrogens (primary N) is 1. The van der Waals surface area contributed by atoms with Crippen molar-refractivity contribution >= 4 is 11.8 Å². The lowest BCUT2D eigenvalue weighted by molar-refractivity contribution is 0.414. The van der Waals surface area contributed by atoms with Gasteiger partial charge in [0, 0.05) is 18.9 Å². The number of nitrogen functional groups attached to an aromatic ring is 1. The summed E-state index contributed by atoms with van der Waals surface area (Å²) in [6.07, 6.45) is 2.97. The third kappa shape index (κ3) is 2.94. The van der Waals surface area contributed by atoms with E-state index in [1.54, 1.807) is 7.11 Å². The van der Waals surface area contributed by atoms with Crippen LogP contribution in [-0.2, 0) is 6.54 Å². The second-order valence-electron chi connectivity index (χ2n) is 4.08. The highest BCUT2D eigenvalue weighted by Crippen LogP contribution is 2.11. The monoisotopic (exact) mass is 272 g/mol. The Labute approximate surface area is 116 Å². The first-order chi connectivity index (χ1) is 9.61. The van der Waals surface area contributed by atoms with Gasteiger partial charge in [0.25, 0.3) is 0 Å². The Morgan fingerprint density at radius 1 is 1.40 bits per heavy atom. The maximum atomic E-state index is 7.90. The molecule has 0 saturated heterocycles. The zero-order valence-electron chi connectivity index (χ0n) is 11.1. The lowest BCUT2D eigenvalue weighted by Gasteiger charge is -2.09. The van der Waals surface area contributed by atoms with Crippen LogP contribution in [0.25, 0.3) is 0 Å². The predicted octanol–water partition coefficient (Wildman–Crippen LogP) is 0.725. The number of nitrogens with zero attached hydrogens (tertiary/aromatic N) is 2. The average Bonchev–Trinajstić information content (AvgIpc) is 2.46. The van der Waals surface area contributed by atoms with Crippen LogP contribution in [0.5, 0.6) is 5.75 Å². The van der Waals surface area contributed by atoms with Crippen molar-refractivity contribution in [3.8, 4) is 5.75 Å². The summed E-state index contributed by atoms with van der Waals surface area (Å²) in [5.41, 5.74) is 6.46. The summed E-state index contributed by atoms with van der Waals surface area (Å²) in [4.78, 5) is 4.07. The number of ether oxygens (including phenoxy) is 1. The van der Waals surface area contributed by atoms with Gasteiger partial charge < -0.3 is 15.8 Å². The summed E-state index contributed by atoms with van der Waals surface area (Å²) >= 11 is 0. The molecule has 2 rings (SSSR count). The average molecular weight is 272 g/mol. The third-order valence-corrected chi connectivity index (χ3v) is 2.76. The van der Waals surface area contributed by atoms with Crippen molar-refractivity contribution in [1.29, 1.82) is 10.8 Å². The molecule has 7 nitrogen and oxygen atoms in total. The number of aromatic nitrogens is 2. The first-order valence-electron chi connectivity index (χ1n) is 5.95. The summed E-state index contributed by atoms with van der Waals surface area (Å²) in [7, 11) is 1.62. The second kappa shape index (κ2) is 5.87. The molecule has 0 bridgehead atoms. The van der Waals surface area contributed by atoms with Crippen LogP contribution in [0.3, 0.4) is 0 Å². The Morgan fingerprint density at radius 2 is 2.10 bits per heavy atom. The van der Waals surface area contributed by atoms with Gasteiger partial charge in [-0.1, -0.05) is 12.1 Å². The molecule has 1 aromatic carbocycles. The van der Waals surface area contributed by atoms with Gasteiger partial charge in [-0.15, -0.1) is 0 Å². The van der Waals surface area contributed by atoms with Gasteiger partial charge in [-0.2, -0.15) is 0 Å². The van der Waals surface area contributed by atoms with E-state index in [1.165, 1.54) is 17.0 Å². The molecule has 0 atom stereocenters. The number of hydrogen-bond donors (Lipinski definition) is 4. The molecule has 1 heterocycles. The Hall–Kier alpha value is -2.83. The molecule has 104 valence electrons. The van der Waals surface area contributed by atoms with E-state index in [0.717, 1.165) is 11.3 Å². The van der Waals surface area contributed by atoms with Crippen LogP contribution in [0.15, 0.2) is 36.7 Å². The summed E-state index contributed by atoms with van der Waals surface area (Å²) in [6.45, 7) is 0.519. The number of methoxy groups -OCH3 is 1. The van der Waals surface area contributed by atoms with Crippen LogP contribution < -0.4 is 21.3 Å². The van der Waals surface area contributed by atoms with Gasteiger partial charge in [0.2, 0.25) is 0 Å². The highest BCUT2D eigenvalue weighted by Gasteiger charge is 2.03. The largest absolute Gasteiger partial charge is 0.497 e. The molecule has 7 heteroatoms. The van der Waals surface area contributed by atoms with Crippen molar-refractivity contribution in [2.45, 2.75) is 6.54 Å². The first kappa shape index (κ1) is 13.6. The van der Waals surface area contributed by atoms with Crippen molar-refractivity contribution in [3.05, 3.63) is 47.7 Å². The van der Waals surface area contributed by atoms with Gasteiger partial charge in [0.05, 0.1) is 7.11 Å². The molecule has 20 heavy (non-hydrogen) atoms. The molecule has 0 aliphatic rings. The number of benzene rings is 1. The Bertz CT molecular complexity index is 661. The lowest BCUT2D eigenvalue weighted by atomic mass is 10.2. The van der Waals surface area contributed by atoms with Crippen molar-refractivity contribution in [3.63, 3.8) is 0 Å². The van der Waals surface area contributed by atoms with Gasteiger partial charge in [0.15, 0.2) is 17.3 Å². The molecule has 0 fully saturated rings. The van der Waals surface area contributed by atoms with Crippen LogP contribution in [0.2, 0.25) is 0 Å². The fourth-order valence-corrected chi connectivity index (χ4v) is 1.68. The minimum Gasteiger partial charge on any atom is -0.497 e. The molecule has 2 aromatic rings. The molecule has 0 aliphatic carbocycles. The molecule has 0 spiro atoms. The normalized spacial score (nSPS) is 10.1. The molecular formula is C13H16N6O. The van der Waals surface area contributed by atoms with E-state index in [4.69, 9.17) is 21.3 Å². The second-order valence-corrected chi connectivity index (χ2v) is 4.08. The molecule has 0 aliphatic heterocycles. The molecule has 1 aromatic heterocycles. The maximum absolute atomic E-state index is 7.90. The highest BCUT2D eigenvalue weighted by molar-refractivity contribution is 5.77. The van der Waals surface area contributed by atoms with Crippen molar-refractivity contribution < 1.29 is 4.74 Å². The molecule has 0 radical (unpaired) electrons. The van der Waals surface area contributed by atoms with Crippen LogP contribution in [0, 0.1) is 10.8 Å². The van der Waals surface area contributed by atoms with Gasteiger partial charge >= 0.3 is 0 Å². The minimum atomic E-state index is -0.218. The van der Waals surface area contributed by atoms with Crippen LogP contribution >= 0.6 is 0 Å². The standard InChI is InChI=1S/C13H16N6O/c1-20-10-4-2-9(3-5-10)8-18-12-11(14)19(13(15)16)7-6-17-12/h2-7,14H,8H2,1H3,(H3,15,16)(H,17,18). The van der Waals surface area contributed by atoms with Crippen LogP contribution in [-0.4, -0.2) is 22.6 Å². The minimum absolute atomic E-state index is 0.0495. The number of rotatable bonds is 4. The molecule has 5 N–H and O–H groups in total. The zero-order chi connectivity index (χ0) is 14.5. The fourth-order valence-electron chi connectivity index (χ4n) is 1.68. The van der Waals surface area contributed by atoms with Gasteiger partial charge in [0.1, 0.15) is 5.75 Å². The van der Waals surface area contributed by atoms with Crippen LogP contribution in [0.1, 0.15) is 5.56 Å². The van der Waals surface area contributed by atoms with Crippen LogP contribution in [0.4, 0.5) is 5.82 Å². The van der Waals surface area contributed by atoms with E-state index in [1.807, 2.05) is 24.3 Å². The topological polar surface area (TPSA) is 113 Å². The molecule has 0 amide bonds. The van der Waals surface area contributed by atoms with E-state index in [9.17, 15) is 0 Å². The first-order valence-corrected chi connectivity index (χ1v) is 5.95. The highest BCUT2D eigenvalue weighted by atomic mass is 16.5. The van der Waals surface area contributed by atoms with E-state index in [2.05, 4.69) is 10.3 Å². The smallest absolute Gasteiger partial charge is 0.198 e. The quantitative estimate of drug-likeness (QED) is 0.485. The third-order valence-electron chi connectivity index (χ3n) is 2.76. The zero-order valence-corrected chi connectivity index (χ0v) is 11.1. The van der Waals surface area contributed by atoms with E-state index < -0.39 is 0 Å². The molecule has 0 unspecified atom stereocenters. The van der Waals surface area contributed by atoms with Gasteiger partial charge in [-0.05, 0) is 17.7 Å². The SMILES string of the molecule is COc1ccc(CNc2nccn(C(=N)N)c2=N)cc1. The van der Waals surface area contributed by atoms with E-state index in [0.29, 0.717) is 12.4 Å². The molecule has 0 saturated carbocycles. The van der Waals surface area contributed by atoms with Crippen molar-refractivity contribution in [1.82, 2.24) is 9.55 Å². The lowest BCUT2D eigenvalue weighted by Crippen LogP contribution is -2.33. The summed E-state index contributed by atoms with van der Waals surface area (Å²) in [5.74, 6) is 0.950. The summed E-state index contributed by atoms with van der Waals surface area (Å²) in [5, 5.41) is 18.3. The Kier molecular flexibility index (Phi) is 3.99. The Balaban J connectivity index is 2.12. The van der Waals surface area contributed by atoms with E-state index in [-0.39, 0.29) is 11.4 Å². The number of anilines is 1. The number of hydrogen-bond acceptors (Lipinski definition) is 5. The van der Waals surface area contributed by atoms with Crippen molar-refractivity contribution in [2.24, 2.45) is 5.73 Å². The number of nitrogens with one attached hydrogen (secondary N) is 3. The van der Waals surface area contributed by atoms with Gasteiger partial charge in [-0.3, -0.25) is 15.4 Å². The fraction of sp³-hybridized carbons (Fsp3) is 0.154. The maximum Gasteiger partial charge on any atom is 0.198 e. The van der Waals surface area contributed by atoms with Gasteiger partial charge in [-0.25, -0.2) is 4.98 Å².